The topological polar surface area (TPSA) is 12.9 Å². The third-order valence-corrected chi connectivity index (χ3v) is 1.71. The molecule has 1 rings (SSSR count). The highest BCUT2D eigenvalue weighted by Crippen LogP contribution is 2.13. The van der Waals surface area contributed by atoms with Crippen molar-refractivity contribution in [1.82, 2.24) is 4.98 Å². The number of hydrogen-bond acceptors (Lipinski definition) is 2. The smallest absolute Gasteiger partial charge is 0.199 e. The summed E-state index contributed by atoms with van der Waals surface area (Å²) in [6.45, 7) is 11.5. The minimum Gasteiger partial charge on any atom is -0.244 e. The number of nitrogens with zero attached hydrogens (tertiary/aromatic N) is 1. The number of thiazole rings is 1. The second-order valence-corrected chi connectivity index (χ2v) is 2.75. The first-order chi connectivity index (χ1) is 5.70. The van der Waals surface area contributed by atoms with E-state index in [-0.39, 0.29) is 5.13 Å². The maximum Gasteiger partial charge on any atom is 0.199 e. The lowest BCUT2D eigenvalue weighted by molar-refractivity contribution is 0.643. The molecule has 0 saturated carbocycles. The summed E-state index contributed by atoms with van der Waals surface area (Å²) in [4.78, 5) is 3.85. The molecule has 0 N–H and O–H groups in total. The molecule has 0 aromatic carbocycles. The van der Waals surface area contributed by atoms with Gasteiger partial charge in [0.15, 0.2) is 5.13 Å². The molecule has 1 nitrogen and oxygen atoms in total. The Morgan fingerprint density at radius 2 is 1.50 bits per heavy atom. The molecule has 0 aliphatic heterocycles. The van der Waals surface area contributed by atoms with E-state index >= 15 is 0 Å². The van der Waals surface area contributed by atoms with Crippen LogP contribution in [0, 0.1) is 19.0 Å². The zero-order valence-corrected chi connectivity index (χ0v) is 9.55. The molecule has 0 radical (unpaired) electrons. The molecule has 1 heterocycles. The highest BCUT2D eigenvalue weighted by atomic mass is 32.1. The second-order valence-electron chi connectivity index (χ2n) is 1.59. The van der Waals surface area contributed by atoms with Crippen LogP contribution in [0.25, 0.3) is 0 Å². The van der Waals surface area contributed by atoms with Crippen molar-refractivity contribution in [1.29, 1.82) is 0 Å². The molecule has 3 heteroatoms. The van der Waals surface area contributed by atoms with E-state index in [2.05, 4.69) is 4.98 Å². The van der Waals surface area contributed by atoms with E-state index in [1.165, 1.54) is 0 Å². The summed E-state index contributed by atoms with van der Waals surface area (Å²) in [6.07, 6.45) is 0. The van der Waals surface area contributed by atoms with E-state index in [9.17, 15) is 4.39 Å². The van der Waals surface area contributed by atoms with Crippen molar-refractivity contribution >= 4 is 11.3 Å². The van der Waals surface area contributed by atoms with Crippen LogP contribution in [0.1, 0.15) is 38.4 Å². The van der Waals surface area contributed by atoms with Crippen LogP contribution in [0.4, 0.5) is 4.39 Å². The Balaban J connectivity index is 0. The molecule has 0 saturated heterocycles. The van der Waals surface area contributed by atoms with Crippen molar-refractivity contribution in [2.75, 3.05) is 0 Å². The molecular formula is C9H18FNS. The Morgan fingerprint density at radius 1 is 1.08 bits per heavy atom. The zero-order chi connectivity index (χ0) is 10.1. The standard InChI is InChI=1S/C5H6FNS.2C2H6/c1-3-5(6)8-4(2)7-3;2*1-2/h1-2H3;2*1-2H3. The number of hydrogen-bond donors (Lipinski definition) is 0. The minimum atomic E-state index is -0.164. The third kappa shape index (κ3) is 5.24. The van der Waals surface area contributed by atoms with Gasteiger partial charge >= 0.3 is 0 Å². The zero-order valence-electron chi connectivity index (χ0n) is 8.73. The van der Waals surface area contributed by atoms with Crippen LogP contribution in [-0.4, -0.2) is 4.98 Å². The Bertz CT molecular complexity index is 177. The van der Waals surface area contributed by atoms with Gasteiger partial charge in [-0.2, -0.15) is 4.39 Å². The van der Waals surface area contributed by atoms with Gasteiger partial charge in [-0.25, -0.2) is 4.98 Å². The summed E-state index contributed by atoms with van der Waals surface area (Å²) in [6, 6.07) is 0. The number of aromatic nitrogens is 1. The van der Waals surface area contributed by atoms with Crippen LogP contribution in [-0.2, 0) is 0 Å². The van der Waals surface area contributed by atoms with Crippen LogP contribution in [0.15, 0.2) is 0 Å². The fraction of sp³-hybridized carbons (Fsp3) is 0.667. The molecule has 1 aromatic heterocycles. The predicted molar refractivity (Wildman–Crippen MR) is 54.2 cm³/mol. The Labute approximate surface area is 78.7 Å². The van der Waals surface area contributed by atoms with Crippen LogP contribution in [0.3, 0.4) is 0 Å². The van der Waals surface area contributed by atoms with Crippen molar-refractivity contribution in [3.8, 4) is 0 Å². The highest BCUT2D eigenvalue weighted by Gasteiger charge is 2.00. The molecule has 0 amide bonds. The van der Waals surface area contributed by atoms with E-state index in [0.29, 0.717) is 5.69 Å². The van der Waals surface area contributed by atoms with E-state index < -0.39 is 0 Å². The van der Waals surface area contributed by atoms with Crippen molar-refractivity contribution in [2.24, 2.45) is 0 Å². The SMILES string of the molecule is CC.CC.Cc1nc(C)c(F)s1. The lowest BCUT2D eigenvalue weighted by Crippen LogP contribution is -1.72. The van der Waals surface area contributed by atoms with Gasteiger partial charge in [-0.05, 0) is 13.8 Å². The fourth-order valence-electron chi connectivity index (χ4n) is 0.506. The first-order valence-electron chi connectivity index (χ1n) is 4.29. The normalized spacial score (nSPS) is 7.58. The van der Waals surface area contributed by atoms with E-state index in [0.717, 1.165) is 16.3 Å². The number of aryl methyl sites for hydroxylation is 2. The molecule has 0 aliphatic carbocycles. The molecule has 0 fully saturated rings. The van der Waals surface area contributed by atoms with Crippen molar-refractivity contribution in [3.63, 3.8) is 0 Å². The average molecular weight is 191 g/mol. The van der Waals surface area contributed by atoms with Gasteiger partial charge in [-0.3, -0.25) is 0 Å². The maximum absolute atomic E-state index is 12.3. The Hall–Kier alpha value is -0.440. The van der Waals surface area contributed by atoms with Crippen LogP contribution in [0.2, 0.25) is 0 Å². The highest BCUT2D eigenvalue weighted by molar-refractivity contribution is 7.09. The van der Waals surface area contributed by atoms with Gasteiger partial charge < -0.3 is 0 Å². The van der Waals surface area contributed by atoms with E-state index in [4.69, 9.17) is 0 Å². The lowest BCUT2D eigenvalue weighted by Gasteiger charge is -1.73. The number of rotatable bonds is 0. The van der Waals surface area contributed by atoms with Crippen molar-refractivity contribution < 1.29 is 4.39 Å². The summed E-state index contributed by atoms with van der Waals surface area (Å²) in [5.74, 6) is 0. The Morgan fingerprint density at radius 3 is 1.58 bits per heavy atom. The monoisotopic (exact) mass is 191 g/mol. The van der Waals surface area contributed by atoms with Gasteiger partial charge in [-0.1, -0.05) is 39.0 Å². The first-order valence-corrected chi connectivity index (χ1v) is 5.11. The van der Waals surface area contributed by atoms with Crippen LogP contribution < -0.4 is 0 Å². The summed E-state index contributed by atoms with van der Waals surface area (Å²) >= 11 is 1.09. The third-order valence-electron chi connectivity index (χ3n) is 0.847. The molecule has 0 unspecified atom stereocenters. The van der Waals surface area contributed by atoms with Gasteiger partial charge in [0.25, 0.3) is 0 Å². The van der Waals surface area contributed by atoms with Crippen molar-refractivity contribution in [2.45, 2.75) is 41.5 Å². The minimum absolute atomic E-state index is 0.164. The summed E-state index contributed by atoms with van der Waals surface area (Å²) in [7, 11) is 0. The number of halogens is 1. The lowest BCUT2D eigenvalue weighted by atomic mass is 10.6. The summed E-state index contributed by atoms with van der Waals surface area (Å²) in [5, 5.41) is 0.627. The molecule has 1 aromatic rings. The van der Waals surface area contributed by atoms with E-state index in [1.807, 2.05) is 27.7 Å². The van der Waals surface area contributed by atoms with Gasteiger partial charge in [0.05, 0.1) is 10.7 Å². The van der Waals surface area contributed by atoms with Gasteiger partial charge in [0, 0.05) is 0 Å². The first kappa shape index (κ1) is 14.1. The van der Waals surface area contributed by atoms with Gasteiger partial charge in [-0.15, -0.1) is 0 Å². The molecule has 12 heavy (non-hydrogen) atoms. The molecule has 0 aliphatic rings. The van der Waals surface area contributed by atoms with Crippen LogP contribution >= 0.6 is 11.3 Å². The molecule has 72 valence electrons. The van der Waals surface area contributed by atoms with Gasteiger partial charge in [0.1, 0.15) is 0 Å². The fourth-order valence-corrected chi connectivity index (χ4v) is 1.14. The molecule has 0 atom stereocenters. The second kappa shape index (κ2) is 8.65. The van der Waals surface area contributed by atoms with Crippen LogP contribution in [0.5, 0.6) is 0 Å². The molecule has 0 bridgehead atoms. The molecule has 0 spiro atoms. The Kier molecular flexibility index (Phi) is 10.2. The molecular weight excluding hydrogens is 173 g/mol. The summed E-state index contributed by atoms with van der Waals surface area (Å²) < 4.78 is 12.3. The van der Waals surface area contributed by atoms with E-state index in [1.54, 1.807) is 13.8 Å². The largest absolute Gasteiger partial charge is 0.244 e. The summed E-state index contributed by atoms with van der Waals surface area (Å²) in [5.41, 5.74) is 0.507. The van der Waals surface area contributed by atoms with Crippen molar-refractivity contribution in [3.05, 3.63) is 15.8 Å². The maximum atomic E-state index is 12.3. The van der Waals surface area contributed by atoms with Gasteiger partial charge in [0.2, 0.25) is 0 Å². The quantitative estimate of drug-likeness (QED) is 0.605. The predicted octanol–water partition coefficient (Wildman–Crippen LogP) is 3.95. The average Bonchev–Trinajstić information content (AvgIpc) is 2.37.